The molecule has 8 nitrogen and oxygen atoms in total. The van der Waals surface area contributed by atoms with Gasteiger partial charge in [-0.15, -0.1) is 0 Å². The molecule has 0 atom stereocenters. The first-order valence-electron chi connectivity index (χ1n) is 9.15. The molecule has 1 saturated heterocycles. The topological polar surface area (TPSA) is 108 Å². The molecule has 1 aliphatic heterocycles. The lowest BCUT2D eigenvalue weighted by Gasteiger charge is -2.33. The summed E-state index contributed by atoms with van der Waals surface area (Å²) in [5, 5.41) is 7.47. The Bertz CT molecular complexity index is 741. The number of nitrogens with zero attached hydrogens (tertiary/aromatic N) is 1. The molecule has 1 heterocycles. The highest BCUT2D eigenvalue weighted by molar-refractivity contribution is 6.10. The summed E-state index contributed by atoms with van der Waals surface area (Å²) in [5.41, 5.74) is 0.00191. The molecule has 1 aromatic carbocycles. The maximum absolute atomic E-state index is 12.7. The van der Waals surface area contributed by atoms with Gasteiger partial charge in [-0.25, -0.2) is 9.59 Å². The van der Waals surface area contributed by atoms with Crippen LogP contribution in [0.25, 0.3) is 0 Å². The first-order valence-corrected chi connectivity index (χ1v) is 9.15. The number of carbonyl (C=O) groups is 4. The molecule has 2 aliphatic rings. The Kier molecular flexibility index (Phi) is 5.43. The van der Waals surface area contributed by atoms with Crippen molar-refractivity contribution >= 4 is 23.9 Å². The number of urea groups is 2. The first-order chi connectivity index (χ1) is 12.9. The Morgan fingerprint density at radius 3 is 2.52 bits per heavy atom. The fraction of sp³-hybridized carbons (Fsp3) is 0.474. The quantitative estimate of drug-likeness (QED) is 0.696. The predicted molar refractivity (Wildman–Crippen MR) is 97.4 cm³/mol. The van der Waals surface area contributed by atoms with Crippen molar-refractivity contribution in [3.8, 4) is 0 Å². The minimum absolute atomic E-state index is 0.268. The number of amides is 6. The van der Waals surface area contributed by atoms with Crippen LogP contribution in [0.3, 0.4) is 0 Å². The summed E-state index contributed by atoms with van der Waals surface area (Å²) in [6, 6.07) is 8.01. The molecule has 3 N–H and O–H groups in total. The molecule has 144 valence electrons. The van der Waals surface area contributed by atoms with Crippen molar-refractivity contribution in [2.24, 2.45) is 5.92 Å². The van der Waals surface area contributed by atoms with Crippen molar-refractivity contribution in [3.63, 3.8) is 0 Å². The molecule has 0 bridgehead atoms. The molecular formula is C19H24N4O4. The van der Waals surface area contributed by atoms with E-state index in [1.807, 2.05) is 30.3 Å². The van der Waals surface area contributed by atoms with E-state index in [4.69, 9.17) is 0 Å². The second-order valence-corrected chi connectivity index (χ2v) is 7.30. The van der Waals surface area contributed by atoms with Gasteiger partial charge in [0.25, 0.3) is 5.91 Å². The van der Waals surface area contributed by atoms with Crippen molar-refractivity contribution in [1.29, 1.82) is 0 Å². The largest absolute Gasteiger partial charge is 0.334 e. The molecule has 1 aliphatic carbocycles. The van der Waals surface area contributed by atoms with Crippen molar-refractivity contribution in [3.05, 3.63) is 35.9 Å². The molecule has 0 unspecified atom stereocenters. The van der Waals surface area contributed by atoms with Gasteiger partial charge in [0.1, 0.15) is 12.1 Å². The van der Waals surface area contributed by atoms with E-state index in [-0.39, 0.29) is 12.5 Å². The van der Waals surface area contributed by atoms with Crippen LogP contribution in [0.4, 0.5) is 9.59 Å². The second kappa shape index (κ2) is 7.77. The summed E-state index contributed by atoms with van der Waals surface area (Å²) in [6.45, 7) is 1.92. The number of hydrogen-bond acceptors (Lipinski definition) is 4. The van der Waals surface area contributed by atoms with Gasteiger partial charge in [-0.2, -0.15) is 0 Å². The summed E-state index contributed by atoms with van der Waals surface area (Å²) >= 11 is 0. The Balaban J connectivity index is 1.50. The van der Waals surface area contributed by atoms with Gasteiger partial charge in [0.05, 0.1) is 0 Å². The van der Waals surface area contributed by atoms with E-state index >= 15 is 0 Å². The fourth-order valence-corrected chi connectivity index (χ4v) is 3.55. The number of benzene rings is 1. The lowest BCUT2D eigenvalue weighted by Crippen LogP contribution is -2.50. The molecular weight excluding hydrogens is 348 g/mol. The Labute approximate surface area is 157 Å². The molecule has 27 heavy (non-hydrogen) atoms. The highest BCUT2D eigenvalue weighted by atomic mass is 16.2. The van der Waals surface area contributed by atoms with Crippen molar-refractivity contribution in [2.75, 3.05) is 6.54 Å². The lowest BCUT2D eigenvalue weighted by atomic mass is 9.77. The number of hydrogen-bond donors (Lipinski definition) is 3. The van der Waals surface area contributed by atoms with Gasteiger partial charge in [0.15, 0.2) is 0 Å². The van der Waals surface area contributed by atoms with E-state index in [0.717, 1.165) is 23.3 Å². The lowest BCUT2D eigenvalue weighted by molar-refractivity contribution is -0.135. The summed E-state index contributed by atoms with van der Waals surface area (Å²) < 4.78 is 0. The molecule has 2 fully saturated rings. The third-order valence-electron chi connectivity index (χ3n) is 5.22. The van der Waals surface area contributed by atoms with Crippen LogP contribution < -0.4 is 16.0 Å². The van der Waals surface area contributed by atoms with Crippen LogP contribution in [0, 0.1) is 5.92 Å². The van der Waals surface area contributed by atoms with Gasteiger partial charge in [-0.1, -0.05) is 37.3 Å². The third-order valence-corrected chi connectivity index (χ3v) is 5.22. The molecule has 0 radical (unpaired) electrons. The maximum Gasteiger partial charge on any atom is 0.325 e. The monoisotopic (exact) mass is 372 g/mol. The highest BCUT2D eigenvalue weighted by Crippen LogP contribution is 2.36. The first kappa shape index (κ1) is 18.9. The zero-order valence-corrected chi connectivity index (χ0v) is 15.3. The van der Waals surface area contributed by atoms with Crippen LogP contribution in [0.2, 0.25) is 0 Å². The molecule has 1 saturated carbocycles. The number of nitrogens with one attached hydrogen (secondary N) is 3. The zero-order chi connectivity index (χ0) is 19.4. The molecule has 8 heteroatoms. The Hall–Kier alpha value is -2.90. The minimum Gasteiger partial charge on any atom is -0.334 e. The molecule has 1 spiro atoms. The van der Waals surface area contributed by atoms with Crippen LogP contribution in [-0.2, 0) is 16.1 Å². The van der Waals surface area contributed by atoms with Crippen LogP contribution in [0.1, 0.15) is 38.2 Å². The van der Waals surface area contributed by atoms with Gasteiger partial charge in [0, 0.05) is 6.54 Å². The molecule has 6 amide bonds. The summed E-state index contributed by atoms with van der Waals surface area (Å²) in [6.07, 6.45) is 2.87. The Morgan fingerprint density at radius 2 is 1.85 bits per heavy atom. The van der Waals surface area contributed by atoms with Gasteiger partial charge in [-0.05, 0) is 37.2 Å². The SMILES string of the molecule is CC1CCC2(CC1)NC(=O)N(CC(=O)NC(=O)NCc1ccccc1)C2=O. The van der Waals surface area contributed by atoms with Gasteiger partial charge >= 0.3 is 12.1 Å². The zero-order valence-electron chi connectivity index (χ0n) is 15.3. The number of imide groups is 2. The summed E-state index contributed by atoms with van der Waals surface area (Å²) in [4.78, 5) is 49.7. The Morgan fingerprint density at radius 1 is 1.19 bits per heavy atom. The fourth-order valence-electron chi connectivity index (χ4n) is 3.55. The average molecular weight is 372 g/mol. The summed E-state index contributed by atoms with van der Waals surface area (Å²) in [5.74, 6) is -0.560. The smallest absolute Gasteiger partial charge is 0.325 e. The van der Waals surface area contributed by atoms with Crippen molar-refractivity contribution in [2.45, 2.75) is 44.7 Å². The van der Waals surface area contributed by atoms with Gasteiger partial charge in [-0.3, -0.25) is 19.8 Å². The van der Waals surface area contributed by atoms with Crippen LogP contribution >= 0.6 is 0 Å². The number of carbonyl (C=O) groups excluding carboxylic acids is 4. The maximum atomic E-state index is 12.7. The van der Waals surface area contributed by atoms with E-state index < -0.39 is 30.1 Å². The normalized spacial score (nSPS) is 24.6. The standard InChI is InChI=1S/C19H24N4O4/c1-13-7-9-19(10-8-13)16(25)23(18(27)22-19)12-15(24)21-17(26)20-11-14-5-3-2-4-6-14/h2-6,13H,7-12H2,1H3,(H,22,27)(H2,20,21,24,26). The van der Waals surface area contributed by atoms with Crippen LogP contribution in [-0.4, -0.2) is 40.9 Å². The van der Waals surface area contributed by atoms with Crippen LogP contribution in [0.5, 0.6) is 0 Å². The van der Waals surface area contributed by atoms with E-state index in [0.29, 0.717) is 18.8 Å². The van der Waals surface area contributed by atoms with Crippen molar-refractivity contribution < 1.29 is 19.2 Å². The van der Waals surface area contributed by atoms with Gasteiger partial charge < -0.3 is 10.6 Å². The number of rotatable bonds is 4. The second-order valence-electron chi connectivity index (χ2n) is 7.30. The van der Waals surface area contributed by atoms with E-state index in [2.05, 4.69) is 22.9 Å². The molecule has 1 aromatic rings. The predicted octanol–water partition coefficient (Wildman–Crippen LogP) is 1.51. The van der Waals surface area contributed by atoms with Crippen molar-refractivity contribution in [1.82, 2.24) is 20.9 Å². The highest BCUT2D eigenvalue weighted by Gasteiger charge is 2.52. The molecule has 0 aromatic heterocycles. The van der Waals surface area contributed by atoms with E-state index in [1.165, 1.54) is 0 Å². The van der Waals surface area contributed by atoms with Gasteiger partial charge in [0.2, 0.25) is 5.91 Å². The third kappa shape index (κ3) is 4.27. The molecule has 3 rings (SSSR count). The summed E-state index contributed by atoms with van der Waals surface area (Å²) in [7, 11) is 0. The van der Waals surface area contributed by atoms with Crippen LogP contribution in [0.15, 0.2) is 30.3 Å². The van der Waals surface area contributed by atoms with E-state index in [9.17, 15) is 19.2 Å². The average Bonchev–Trinajstić information content (AvgIpc) is 2.88. The van der Waals surface area contributed by atoms with E-state index in [1.54, 1.807) is 0 Å². The minimum atomic E-state index is -0.889.